The number of nitrogens with zero attached hydrogens (tertiary/aromatic N) is 2. The van der Waals surface area contributed by atoms with Gasteiger partial charge in [-0.3, -0.25) is 4.79 Å². The second-order valence-electron chi connectivity index (χ2n) is 5.35. The maximum Gasteiger partial charge on any atom is 0.317 e. The van der Waals surface area contributed by atoms with Gasteiger partial charge in [0.2, 0.25) is 0 Å². The number of rotatable bonds is 2. The minimum atomic E-state index is -0.584. The third-order valence-corrected chi connectivity index (χ3v) is 4.41. The second kappa shape index (κ2) is 5.96. The Morgan fingerprint density at radius 2 is 1.96 bits per heavy atom. The van der Waals surface area contributed by atoms with E-state index in [1.54, 1.807) is 11.9 Å². The monoisotopic (exact) mass is 332 g/mol. The zero-order valence-electron chi connectivity index (χ0n) is 12.7. The number of para-hydroxylation sites is 1. The number of nitrogens with two attached hydrogens (primary N) is 1. The summed E-state index contributed by atoms with van der Waals surface area (Å²) in [6.45, 7) is 0.866. The van der Waals surface area contributed by atoms with Crippen molar-refractivity contribution in [3.8, 4) is 5.69 Å². The van der Waals surface area contributed by atoms with Crippen LogP contribution in [0.25, 0.3) is 5.69 Å². The summed E-state index contributed by atoms with van der Waals surface area (Å²) in [5, 5.41) is 2.90. The summed E-state index contributed by atoms with van der Waals surface area (Å²) in [5.41, 5.74) is 8.34. The van der Waals surface area contributed by atoms with E-state index < -0.39 is 5.91 Å². The van der Waals surface area contributed by atoms with Crippen LogP contribution in [0.15, 0.2) is 30.3 Å². The molecule has 0 saturated carbocycles. The Balaban J connectivity index is 2.15. The lowest BCUT2D eigenvalue weighted by Gasteiger charge is -2.28. The molecule has 0 atom stereocenters. The lowest BCUT2D eigenvalue weighted by atomic mass is 10.0. The van der Waals surface area contributed by atoms with Gasteiger partial charge in [-0.25, -0.2) is 4.79 Å². The molecule has 3 rings (SSSR count). The van der Waals surface area contributed by atoms with Gasteiger partial charge in [-0.15, -0.1) is 0 Å². The van der Waals surface area contributed by atoms with Crippen molar-refractivity contribution in [2.75, 3.05) is 13.6 Å². The Hall–Kier alpha value is -2.47. The molecule has 1 aromatic carbocycles. The molecule has 3 amide bonds. The smallest absolute Gasteiger partial charge is 0.317 e. The molecule has 2 heterocycles. The van der Waals surface area contributed by atoms with Crippen molar-refractivity contribution in [3.05, 3.63) is 52.3 Å². The molecular weight excluding hydrogens is 316 g/mol. The molecule has 0 spiro atoms. The third-order valence-electron chi connectivity index (χ3n) is 4.05. The van der Waals surface area contributed by atoms with Gasteiger partial charge in [0.25, 0.3) is 5.91 Å². The molecule has 23 heavy (non-hydrogen) atoms. The summed E-state index contributed by atoms with van der Waals surface area (Å²) in [7, 11) is 1.58. The Bertz CT molecular complexity index is 770. The number of urea groups is 1. The number of hydrogen-bond acceptors (Lipinski definition) is 2. The zero-order chi connectivity index (χ0) is 16.6. The third kappa shape index (κ3) is 2.55. The van der Waals surface area contributed by atoms with Crippen LogP contribution in [0, 0.1) is 0 Å². The molecule has 7 heteroatoms. The molecule has 0 fully saturated rings. The highest BCUT2D eigenvalue weighted by molar-refractivity contribution is 6.33. The average Bonchev–Trinajstić information content (AvgIpc) is 2.85. The van der Waals surface area contributed by atoms with Gasteiger partial charge in [-0.1, -0.05) is 29.8 Å². The summed E-state index contributed by atoms with van der Waals surface area (Å²) < 4.78 is 1.85. The van der Waals surface area contributed by atoms with Crippen molar-refractivity contribution in [2.45, 2.75) is 13.0 Å². The zero-order valence-corrected chi connectivity index (χ0v) is 13.4. The largest absolute Gasteiger partial charge is 0.365 e. The fourth-order valence-corrected chi connectivity index (χ4v) is 3.41. The van der Waals surface area contributed by atoms with Crippen LogP contribution in [0.1, 0.15) is 21.6 Å². The first kappa shape index (κ1) is 15.4. The number of nitrogens with one attached hydrogen (secondary N) is 1. The molecule has 1 aliphatic heterocycles. The number of primary amides is 1. The number of carbonyl (C=O) groups is 2. The fourth-order valence-electron chi connectivity index (χ4n) is 3.01. The fraction of sp³-hybridized carbons (Fsp3) is 0.250. The molecule has 6 nitrogen and oxygen atoms in total. The number of fused-ring (bicyclic) bond motifs is 1. The molecule has 1 aliphatic rings. The van der Waals surface area contributed by atoms with Gasteiger partial charge in [-0.2, -0.15) is 0 Å². The summed E-state index contributed by atoms with van der Waals surface area (Å²) in [6, 6.07) is 9.37. The van der Waals surface area contributed by atoms with Crippen molar-refractivity contribution in [3.63, 3.8) is 0 Å². The van der Waals surface area contributed by atoms with Gasteiger partial charge in [-0.05, 0) is 12.1 Å². The van der Waals surface area contributed by atoms with Crippen molar-refractivity contribution in [1.29, 1.82) is 0 Å². The van der Waals surface area contributed by atoms with E-state index in [4.69, 9.17) is 17.3 Å². The van der Waals surface area contributed by atoms with Crippen LogP contribution in [0.4, 0.5) is 4.79 Å². The molecule has 2 aromatic rings. The maximum atomic E-state index is 11.9. The number of halogens is 1. The van der Waals surface area contributed by atoms with E-state index in [-0.39, 0.29) is 6.03 Å². The minimum Gasteiger partial charge on any atom is -0.365 e. The predicted molar refractivity (Wildman–Crippen MR) is 87.9 cm³/mol. The first-order valence-corrected chi connectivity index (χ1v) is 7.66. The van der Waals surface area contributed by atoms with Crippen LogP contribution >= 0.6 is 11.6 Å². The Kier molecular flexibility index (Phi) is 4.00. The van der Waals surface area contributed by atoms with Crippen LogP contribution in [-0.4, -0.2) is 35.0 Å². The summed E-state index contributed by atoms with van der Waals surface area (Å²) in [6.07, 6.45) is 0.602. The number of benzene rings is 1. The van der Waals surface area contributed by atoms with Crippen LogP contribution in [0.2, 0.25) is 5.15 Å². The van der Waals surface area contributed by atoms with Gasteiger partial charge >= 0.3 is 6.03 Å². The van der Waals surface area contributed by atoms with Crippen molar-refractivity contribution in [2.24, 2.45) is 5.73 Å². The topological polar surface area (TPSA) is 80.4 Å². The molecular formula is C16H17ClN4O2. The Morgan fingerprint density at radius 1 is 1.26 bits per heavy atom. The van der Waals surface area contributed by atoms with Gasteiger partial charge in [0, 0.05) is 37.0 Å². The highest BCUT2D eigenvalue weighted by Crippen LogP contribution is 2.34. The maximum absolute atomic E-state index is 11.9. The molecule has 0 unspecified atom stereocenters. The predicted octanol–water partition coefficient (Wildman–Crippen LogP) is 1.93. The second-order valence-corrected chi connectivity index (χ2v) is 5.71. The number of carbonyl (C=O) groups excluding carboxylic acids is 2. The van der Waals surface area contributed by atoms with Crippen molar-refractivity contribution >= 4 is 23.5 Å². The van der Waals surface area contributed by atoms with Crippen LogP contribution < -0.4 is 11.1 Å². The number of amides is 3. The first-order chi connectivity index (χ1) is 11.0. The van der Waals surface area contributed by atoms with E-state index >= 15 is 0 Å². The van der Waals surface area contributed by atoms with E-state index in [0.717, 1.165) is 16.9 Å². The standard InChI is InChI=1S/C16H17ClN4O2/c1-19-16(23)20-8-7-12-11(9-20)13(15(18)22)14(17)21(12)10-5-3-2-4-6-10/h2-6H,7-9H2,1H3,(H2,18,22)(H,19,23). The summed E-state index contributed by atoms with van der Waals surface area (Å²) >= 11 is 6.45. The lowest BCUT2D eigenvalue weighted by molar-refractivity contribution is 0.0998. The first-order valence-electron chi connectivity index (χ1n) is 7.28. The molecule has 0 saturated heterocycles. The van der Waals surface area contributed by atoms with Crippen LogP contribution in [0.5, 0.6) is 0 Å². The van der Waals surface area contributed by atoms with Gasteiger partial charge in [0.05, 0.1) is 12.1 Å². The molecule has 0 bridgehead atoms. The van der Waals surface area contributed by atoms with Crippen molar-refractivity contribution < 1.29 is 9.59 Å². The minimum absolute atomic E-state index is 0.186. The average molecular weight is 333 g/mol. The highest BCUT2D eigenvalue weighted by atomic mass is 35.5. The quantitative estimate of drug-likeness (QED) is 0.881. The van der Waals surface area contributed by atoms with E-state index in [1.807, 2.05) is 34.9 Å². The van der Waals surface area contributed by atoms with E-state index in [0.29, 0.717) is 30.2 Å². The Labute approximate surface area is 138 Å². The lowest BCUT2D eigenvalue weighted by Crippen LogP contribution is -2.41. The number of hydrogen-bond donors (Lipinski definition) is 2. The normalized spacial score (nSPS) is 13.6. The number of aromatic nitrogens is 1. The molecule has 1 aromatic heterocycles. The highest BCUT2D eigenvalue weighted by Gasteiger charge is 2.31. The molecule has 0 aliphatic carbocycles. The molecule has 0 radical (unpaired) electrons. The van der Waals surface area contributed by atoms with E-state index in [2.05, 4.69) is 5.32 Å². The van der Waals surface area contributed by atoms with Gasteiger partial charge in [0.1, 0.15) is 5.15 Å². The van der Waals surface area contributed by atoms with Crippen LogP contribution in [-0.2, 0) is 13.0 Å². The van der Waals surface area contributed by atoms with E-state index in [1.165, 1.54) is 0 Å². The Morgan fingerprint density at radius 3 is 2.57 bits per heavy atom. The molecule has 120 valence electrons. The van der Waals surface area contributed by atoms with Gasteiger partial charge in [0.15, 0.2) is 0 Å². The molecule has 3 N–H and O–H groups in total. The van der Waals surface area contributed by atoms with E-state index in [9.17, 15) is 9.59 Å². The summed E-state index contributed by atoms with van der Waals surface area (Å²) in [5.74, 6) is -0.584. The van der Waals surface area contributed by atoms with Crippen molar-refractivity contribution in [1.82, 2.24) is 14.8 Å². The van der Waals surface area contributed by atoms with Gasteiger partial charge < -0.3 is 20.5 Å². The summed E-state index contributed by atoms with van der Waals surface area (Å²) in [4.78, 5) is 25.4. The van der Waals surface area contributed by atoms with Crippen LogP contribution in [0.3, 0.4) is 0 Å². The SMILES string of the molecule is CNC(=O)N1CCc2c(c(C(N)=O)c(Cl)n2-c2ccccc2)C1.